The molecule has 0 aliphatic carbocycles. The topological polar surface area (TPSA) is 49.8 Å². The van der Waals surface area contributed by atoms with Crippen LogP contribution in [0.15, 0.2) is 12.1 Å². The molecular formula is C18H25NO3. The van der Waals surface area contributed by atoms with Gasteiger partial charge in [-0.25, -0.2) is 0 Å². The Balaban J connectivity index is 1.88. The van der Waals surface area contributed by atoms with E-state index in [1.165, 1.54) is 0 Å². The van der Waals surface area contributed by atoms with Crippen molar-refractivity contribution in [3.05, 3.63) is 23.3 Å². The number of Topliss-reactive ketones (excluding diaryl/α,β-unsaturated/α-hetero) is 1. The number of methoxy groups -OCH3 is 1. The molecule has 2 heterocycles. The van der Waals surface area contributed by atoms with E-state index in [0.717, 1.165) is 37.1 Å². The zero-order valence-electron chi connectivity index (χ0n) is 13.6. The van der Waals surface area contributed by atoms with Gasteiger partial charge in [0.15, 0.2) is 11.5 Å². The average Bonchev–Trinajstić information content (AvgIpc) is 2.47. The van der Waals surface area contributed by atoms with Crippen LogP contribution in [-0.4, -0.2) is 36.0 Å². The summed E-state index contributed by atoms with van der Waals surface area (Å²) < 4.78 is 5.24. The van der Waals surface area contributed by atoms with Crippen LogP contribution in [0.25, 0.3) is 0 Å². The fraction of sp³-hybridized carbons (Fsp3) is 0.611. The number of phenolic OH excluding ortho intramolecular Hbond substituents is 1. The molecule has 0 saturated carbocycles. The van der Waals surface area contributed by atoms with Crippen LogP contribution in [0.2, 0.25) is 0 Å². The largest absolute Gasteiger partial charge is 0.504 e. The molecule has 4 nitrogen and oxygen atoms in total. The summed E-state index contributed by atoms with van der Waals surface area (Å²) in [6, 6.07) is 3.86. The Morgan fingerprint density at radius 3 is 2.86 bits per heavy atom. The second kappa shape index (κ2) is 5.92. The summed E-state index contributed by atoms with van der Waals surface area (Å²) in [7, 11) is 1.56. The minimum Gasteiger partial charge on any atom is -0.504 e. The third kappa shape index (κ3) is 2.72. The fourth-order valence-electron chi connectivity index (χ4n) is 3.91. The molecule has 2 aliphatic rings. The van der Waals surface area contributed by atoms with E-state index in [9.17, 15) is 9.90 Å². The molecule has 2 unspecified atom stereocenters. The summed E-state index contributed by atoms with van der Waals surface area (Å²) >= 11 is 0. The van der Waals surface area contributed by atoms with Gasteiger partial charge in [-0.3, -0.25) is 9.69 Å². The maximum atomic E-state index is 12.5. The van der Waals surface area contributed by atoms with E-state index in [4.69, 9.17) is 4.74 Å². The first-order chi connectivity index (χ1) is 10.5. The number of ketones is 1. The lowest BCUT2D eigenvalue weighted by atomic mass is 9.80. The van der Waals surface area contributed by atoms with Gasteiger partial charge in [0, 0.05) is 31.5 Å². The first-order valence-corrected chi connectivity index (χ1v) is 8.16. The third-order valence-corrected chi connectivity index (χ3v) is 4.97. The van der Waals surface area contributed by atoms with Crippen LogP contribution >= 0.6 is 0 Å². The Morgan fingerprint density at radius 2 is 2.18 bits per heavy atom. The normalized spacial score (nSPS) is 25.0. The van der Waals surface area contributed by atoms with Crippen molar-refractivity contribution in [2.45, 2.75) is 39.2 Å². The number of phenols is 1. The standard InChI is InChI=1S/C18H25NO3/c1-11(2)6-13-10-19-5-4-12-7-17(21)18(22-3)8-14(12)15(19)9-16(13)20/h7-8,11,13,15,21H,4-6,9-10H2,1-3H3. The number of aromatic hydroxyl groups is 1. The maximum absolute atomic E-state index is 12.5. The molecule has 1 N–H and O–H groups in total. The lowest BCUT2D eigenvalue weighted by Gasteiger charge is -2.43. The zero-order valence-corrected chi connectivity index (χ0v) is 13.6. The summed E-state index contributed by atoms with van der Waals surface area (Å²) in [6.07, 6.45) is 2.48. The fourth-order valence-corrected chi connectivity index (χ4v) is 3.91. The van der Waals surface area contributed by atoms with Crippen molar-refractivity contribution in [2.24, 2.45) is 11.8 Å². The van der Waals surface area contributed by atoms with Gasteiger partial charge in [-0.2, -0.15) is 0 Å². The van der Waals surface area contributed by atoms with E-state index in [0.29, 0.717) is 23.9 Å². The van der Waals surface area contributed by atoms with E-state index in [-0.39, 0.29) is 17.7 Å². The average molecular weight is 303 g/mol. The van der Waals surface area contributed by atoms with E-state index >= 15 is 0 Å². The van der Waals surface area contributed by atoms with Crippen molar-refractivity contribution in [1.29, 1.82) is 0 Å². The van der Waals surface area contributed by atoms with Gasteiger partial charge in [-0.15, -0.1) is 0 Å². The number of ether oxygens (including phenoxy) is 1. The quantitative estimate of drug-likeness (QED) is 0.933. The summed E-state index contributed by atoms with van der Waals surface area (Å²) in [5.41, 5.74) is 2.30. The van der Waals surface area contributed by atoms with Crippen molar-refractivity contribution in [3.63, 3.8) is 0 Å². The molecule has 22 heavy (non-hydrogen) atoms. The smallest absolute Gasteiger partial charge is 0.160 e. The van der Waals surface area contributed by atoms with Crippen LogP contribution in [-0.2, 0) is 11.2 Å². The summed E-state index contributed by atoms with van der Waals surface area (Å²) in [5.74, 6) is 1.80. The van der Waals surface area contributed by atoms with Gasteiger partial charge in [0.25, 0.3) is 0 Å². The number of hydrogen-bond acceptors (Lipinski definition) is 4. The molecule has 2 aliphatic heterocycles. The molecule has 1 aromatic rings. The van der Waals surface area contributed by atoms with E-state index in [2.05, 4.69) is 18.7 Å². The zero-order chi connectivity index (χ0) is 15.9. The second-order valence-electron chi connectivity index (χ2n) is 6.98. The minimum atomic E-state index is 0.147. The highest BCUT2D eigenvalue weighted by molar-refractivity contribution is 5.83. The predicted octanol–water partition coefficient (Wildman–Crippen LogP) is 2.94. The molecule has 0 amide bonds. The highest BCUT2D eigenvalue weighted by Crippen LogP contribution is 2.42. The SMILES string of the molecule is COc1cc2c(cc1O)CCN1CC(CC(C)C)C(=O)CC21. The molecule has 0 aromatic heterocycles. The number of carbonyl (C=O) groups excluding carboxylic acids is 1. The van der Waals surface area contributed by atoms with Crippen molar-refractivity contribution in [2.75, 3.05) is 20.2 Å². The Hall–Kier alpha value is -1.55. The van der Waals surface area contributed by atoms with Gasteiger partial charge >= 0.3 is 0 Å². The number of fused-ring (bicyclic) bond motifs is 3. The molecule has 4 heteroatoms. The Labute approximate surface area is 132 Å². The first-order valence-electron chi connectivity index (χ1n) is 8.16. The summed E-state index contributed by atoms with van der Waals surface area (Å²) in [6.45, 7) is 6.19. The van der Waals surface area contributed by atoms with Crippen LogP contribution in [0, 0.1) is 11.8 Å². The number of rotatable bonds is 3. The van der Waals surface area contributed by atoms with Gasteiger partial charge in [0.05, 0.1) is 7.11 Å². The van der Waals surface area contributed by atoms with E-state index in [1.54, 1.807) is 13.2 Å². The molecule has 0 radical (unpaired) electrons. The van der Waals surface area contributed by atoms with Gasteiger partial charge in [0.2, 0.25) is 0 Å². The van der Waals surface area contributed by atoms with Crippen molar-refractivity contribution in [3.8, 4) is 11.5 Å². The van der Waals surface area contributed by atoms with Gasteiger partial charge in [0.1, 0.15) is 5.78 Å². The molecule has 1 saturated heterocycles. The highest BCUT2D eigenvalue weighted by atomic mass is 16.5. The van der Waals surface area contributed by atoms with Crippen LogP contribution in [0.3, 0.4) is 0 Å². The van der Waals surface area contributed by atoms with Crippen molar-refractivity contribution in [1.82, 2.24) is 4.90 Å². The third-order valence-electron chi connectivity index (χ3n) is 4.97. The number of piperidine rings is 1. The molecule has 120 valence electrons. The first kappa shape index (κ1) is 15.3. The van der Waals surface area contributed by atoms with Crippen LogP contribution in [0.1, 0.15) is 43.9 Å². The number of benzene rings is 1. The molecule has 3 rings (SSSR count). The lowest BCUT2D eigenvalue weighted by molar-refractivity contribution is -0.129. The van der Waals surface area contributed by atoms with Crippen LogP contribution < -0.4 is 4.74 Å². The number of carbonyl (C=O) groups is 1. The molecule has 0 bridgehead atoms. The highest BCUT2D eigenvalue weighted by Gasteiger charge is 2.38. The maximum Gasteiger partial charge on any atom is 0.160 e. The molecule has 1 aromatic carbocycles. The number of hydrogen-bond donors (Lipinski definition) is 1. The summed E-state index contributed by atoms with van der Waals surface area (Å²) in [5, 5.41) is 9.95. The van der Waals surface area contributed by atoms with Gasteiger partial charge < -0.3 is 9.84 Å². The lowest BCUT2D eigenvalue weighted by Crippen LogP contribution is -2.46. The van der Waals surface area contributed by atoms with Gasteiger partial charge in [-0.1, -0.05) is 13.8 Å². The Morgan fingerprint density at radius 1 is 1.41 bits per heavy atom. The minimum absolute atomic E-state index is 0.147. The van der Waals surface area contributed by atoms with Gasteiger partial charge in [-0.05, 0) is 42.0 Å². The Kier molecular flexibility index (Phi) is 4.13. The van der Waals surface area contributed by atoms with E-state index in [1.807, 2.05) is 6.07 Å². The Bertz CT molecular complexity index is 582. The monoisotopic (exact) mass is 303 g/mol. The molecule has 0 spiro atoms. The van der Waals surface area contributed by atoms with E-state index < -0.39 is 0 Å². The molecule has 2 atom stereocenters. The van der Waals surface area contributed by atoms with Crippen LogP contribution in [0.5, 0.6) is 11.5 Å². The number of nitrogens with zero attached hydrogens (tertiary/aromatic N) is 1. The van der Waals surface area contributed by atoms with Crippen LogP contribution in [0.4, 0.5) is 0 Å². The predicted molar refractivity (Wildman–Crippen MR) is 85.2 cm³/mol. The van der Waals surface area contributed by atoms with Crippen molar-refractivity contribution < 1.29 is 14.6 Å². The molecular weight excluding hydrogens is 278 g/mol. The second-order valence-corrected chi connectivity index (χ2v) is 6.98. The molecule has 1 fully saturated rings. The van der Waals surface area contributed by atoms with Crippen molar-refractivity contribution >= 4 is 5.78 Å². The summed E-state index contributed by atoms with van der Waals surface area (Å²) in [4.78, 5) is 14.9.